The zero-order valence-electron chi connectivity index (χ0n) is 7.10. The molecule has 0 fully saturated rings. The highest BCUT2D eigenvalue weighted by Crippen LogP contribution is 2.26. The van der Waals surface area contributed by atoms with Crippen molar-refractivity contribution >= 4 is 33.3 Å². The van der Waals surface area contributed by atoms with Gasteiger partial charge in [0.1, 0.15) is 0 Å². The molecule has 0 saturated heterocycles. The minimum absolute atomic E-state index is 0.0227. The number of hydrogen-bond acceptors (Lipinski definition) is 2. The molecule has 0 saturated carbocycles. The number of aryl methyl sites for hydroxylation is 1. The molecule has 0 radical (unpaired) electrons. The molecule has 70 valence electrons. The Kier molecular flexibility index (Phi) is 3.47. The van der Waals surface area contributed by atoms with Gasteiger partial charge in [-0.15, -0.1) is 0 Å². The number of benzene rings is 1. The van der Waals surface area contributed by atoms with E-state index in [0.717, 1.165) is 10.0 Å². The van der Waals surface area contributed by atoms with E-state index in [1.54, 1.807) is 12.1 Å². The first-order valence-corrected chi connectivity index (χ1v) is 4.92. The third-order valence-corrected chi connectivity index (χ3v) is 2.95. The molecule has 0 unspecified atom stereocenters. The van der Waals surface area contributed by atoms with Crippen LogP contribution in [-0.2, 0) is 0 Å². The fourth-order valence-electron chi connectivity index (χ4n) is 1.06. The quantitative estimate of drug-likeness (QED) is 0.833. The highest BCUT2D eigenvalue weighted by atomic mass is 79.9. The second-order valence-corrected chi connectivity index (χ2v) is 3.97. The molecule has 1 aromatic carbocycles. The van der Waals surface area contributed by atoms with Gasteiger partial charge in [-0.05, 0) is 40.5 Å². The van der Waals surface area contributed by atoms with Gasteiger partial charge in [0.15, 0.2) is 5.78 Å². The topological polar surface area (TPSA) is 43.1 Å². The van der Waals surface area contributed by atoms with Crippen LogP contribution in [0.4, 0.5) is 0 Å². The van der Waals surface area contributed by atoms with Gasteiger partial charge in [-0.2, -0.15) is 0 Å². The standard InChI is InChI=1S/C9H9BrClNO/c1-5-2-8(11)7(10)3-6(5)9(13)4-12/h2-3H,4,12H2,1H3. The van der Waals surface area contributed by atoms with Crippen LogP contribution in [0.15, 0.2) is 16.6 Å². The predicted octanol–water partition coefficient (Wildman–Crippen LogP) is 2.55. The third-order valence-electron chi connectivity index (χ3n) is 1.75. The van der Waals surface area contributed by atoms with Gasteiger partial charge in [0, 0.05) is 10.0 Å². The monoisotopic (exact) mass is 261 g/mol. The average molecular weight is 263 g/mol. The van der Waals surface area contributed by atoms with E-state index in [0.29, 0.717) is 10.6 Å². The molecule has 0 spiro atoms. The molecule has 0 aliphatic carbocycles. The lowest BCUT2D eigenvalue weighted by molar-refractivity contribution is 0.100. The molecule has 0 aliphatic rings. The molecule has 4 heteroatoms. The summed E-state index contributed by atoms with van der Waals surface area (Å²) >= 11 is 9.10. The molecule has 2 N–H and O–H groups in total. The van der Waals surface area contributed by atoms with Crippen LogP contribution in [0.1, 0.15) is 15.9 Å². The molecule has 0 atom stereocenters. The van der Waals surface area contributed by atoms with Crippen LogP contribution < -0.4 is 5.73 Å². The molecule has 0 bridgehead atoms. The summed E-state index contributed by atoms with van der Waals surface area (Å²) < 4.78 is 0.719. The Labute approximate surface area is 90.2 Å². The number of halogens is 2. The van der Waals surface area contributed by atoms with Crippen LogP contribution in [0.25, 0.3) is 0 Å². The van der Waals surface area contributed by atoms with E-state index in [1.807, 2.05) is 6.92 Å². The number of carbonyl (C=O) groups excluding carboxylic acids is 1. The lowest BCUT2D eigenvalue weighted by atomic mass is 10.1. The summed E-state index contributed by atoms with van der Waals surface area (Å²) in [6, 6.07) is 3.45. The molecule has 2 nitrogen and oxygen atoms in total. The molecule has 13 heavy (non-hydrogen) atoms. The van der Waals surface area contributed by atoms with Gasteiger partial charge in [0.25, 0.3) is 0 Å². The van der Waals surface area contributed by atoms with Crippen LogP contribution in [0.5, 0.6) is 0 Å². The fraction of sp³-hybridized carbons (Fsp3) is 0.222. The average Bonchev–Trinajstić information content (AvgIpc) is 2.10. The van der Waals surface area contributed by atoms with Crippen LogP contribution in [0, 0.1) is 6.92 Å². The number of Topliss-reactive ketones (excluding diaryl/α,β-unsaturated/α-hetero) is 1. The smallest absolute Gasteiger partial charge is 0.176 e. The van der Waals surface area contributed by atoms with Crippen molar-refractivity contribution in [3.05, 3.63) is 32.8 Å². The first-order chi connectivity index (χ1) is 6.06. The molecule has 0 aliphatic heterocycles. The summed E-state index contributed by atoms with van der Waals surface area (Å²) in [5.74, 6) is -0.0742. The van der Waals surface area contributed by atoms with Gasteiger partial charge in [-0.25, -0.2) is 0 Å². The normalized spacial score (nSPS) is 10.2. The van der Waals surface area contributed by atoms with Crippen LogP contribution in [0.3, 0.4) is 0 Å². The summed E-state index contributed by atoms with van der Waals surface area (Å²) in [4.78, 5) is 11.3. The molecular weight excluding hydrogens is 253 g/mol. The zero-order valence-corrected chi connectivity index (χ0v) is 9.45. The van der Waals surface area contributed by atoms with Gasteiger partial charge < -0.3 is 5.73 Å². The maximum atomic E-state index is 11.3. The first kappa shape index (κ1) is 10.7. The Morgan fingerprint density at radius 3 is 2.77 bits per heavy atom. The van der Waals surface area contributed by atoms with Crippen molar-refractivity contribution in [1.82, 2.24) is 0 Å². The second-order valence-electron chi connectivity index (χ2n) is 2.71. The third kappa shape index (κ3) is 2.30. The minimum atomic E-state index is -0.0742. The van der Waals surface area contributed by atoms with Crippen LogP contribution >= 0.6 is 27.5 Å². The predicted molar refractivity (Wildman–Crippen MR) is 57.3 cm³/mol. The number of ketones is 1. The van der Waals surface area contributed by atoms with Crippen LogP contribution in [-0.4, -0.2) is 12.3 Å². The second kappa shape index (κ2) is 4.22. The number of hydrogen-bond donors (Lipinski definition) is 1. The Morgan fingerprint density at radius 2 is 2.23 bits per heavy atom. The molecule has 0 aromatic heterocycles. The molecule has 1 rings (SSSR count). The Morgan fingerprint density at radius 1 is 1.62 bits per heavy atom. The Bertz CT molecular complexity index is 352. The highest BCUT2D eigenvalue weighted by molar-refractivity contribution is 9.10. The fourth-order valence-corrected chi connectivity index (χ4v) is 1.62. The summed E-state index contributed by atoms with van der Waals surface area (Å²) in [5, 5.41) is 0.603. The Hall–Kier alpha value is -0.380. The molecular formula is C9H9BrClNO. The lowest BCUT2D eigenvalue weighted by Gasteiger charge is -2.05. The van der Waals surface area contributed by atoms with Crippen molar-refractivity contribution in [2.75, 3.05) is 6.54 Å². The van der Waals surface area contributed by atoms with Crippen molar-refractivity contribution in [2.45, 2.75) is 6.92 Å². The molecule has 1 aromatic rings. The van der Waals surface area contributed by atoms with Gasteiger partial charge in [-0.3, -0.25) is 4.79 Å². The maximum Gasteiger partial charge on any atom is 0.176 e. The molecule has 0 heterocycles. The van der Waals surface area contributed by atoms with Crippen molar-refractivity contribution in [3.63, 3.8) is 0 Å². The number of rotatable bonds is 2. The van der Waals surface area contributed by atoms with E-state index in [2.05, 4.69) is 15.9 Å². The van der Waals surface area contributed by atoms with E-state index < -0.39 is 0 Å². The zero-order chi connectivity index (χ0) is 10.0. The summed E-state index contributed by atoms with van der Waals surface area (Å²) in [6.45, 7) is 1.86. The van der Waals surface area contributed by atoms with Gasteiger partial charge >= 0.3 is 0 Å². The van der Waals surface area contributed by atoms with E-state index in [-0.39, 0.29) is 12.3 Å². The van der Waals surface area contributed by atoms with E-state index in [1.165, 1.54) is 0 Å². The van der Waals surface area contributed by atoms with E-state index in [4.69, 9.17) is 17.3 Å². The largest absolute Gasteiger partial charge is 0.324 e. The highest BCUT2D eigenvalue weighted by Gasteiger charge is 2.09. The Balaban J connectivity index is 3.23. The molecule has 0 amide bonds. The van der Waals surface area contributed by atoms with E-state index >= 15 is 0 Å². The summed E-state index contributed by atoms with van der Waals surface area (Å²) in [6.07, 6.45) is 0. The van der Waals surface area contributed by atoms with Gasteiger partial charge in [-0.1, -0.05) is 11.6 Å². The van der Waals surface area contributed by atoms with Crippen molar-refractivity contribution < 1.29 is 4.79 Å². The van der Waals surface area contributed by atoms with Crippen molar-refractivity contribution in [3.8, 4) is 0 Å². The van der Waals surface area contributed by atoms with Crippen LogP contribution in [0.2, 0.25) is 5.02 Å². The summed E-state index contributed by atoms with van der Waals surface area (Å²) in [7, 11) is 0. The first-order valence-electron chi connectivity index (χ1n) is 3.75. The van der Waals surface area contributed by atoms with Gasteiger partial charge in [0.05, 0.1) is 11.6 Å². The minimum Gasteiger partial charge on any atom is -0.324 e. The maximum absolute atomic E-state index is 11.3. The lowest BCUT2D eigenvalue weighted by Crippen LogP contribution is -2.14. The van der Waals surface area contributed by atoms with Gasteiger partial charge in [0.2, 0.25) is 0 Å². The van der Waals surface area contributed by atoms with Crippen molar-refractivity contribution in [1.29, 1.82) is 0 Å². The van der Waals surface area contributed by atoms with Crippen molar-refractivity contribution in [2.24, 2.45) is 5.73 Å². The number of nitrogens with two attached hydrogens (primary N) is 1. The van der Waals surface area contributed by atoms with E-state index in [9.17, 15) is 4.79 Å². The number of carbonyl (C=O) groups is 1. The summed E-state index contributed by atoms with van der Waals surface area (Å²) in [5.41, 5.74) is 6.74. The SMILES string of the molecule is Cc1cc(Cl)c(Br)cc1C(=O)CN.